The van der Waals surface area contributed by atoms with Crippen molar-refractivity contribution < 1.29 is 9.53 Å². The van der Waals surface area contributed by atoms with Gasteiger partial charge in [0.25, 0.3) is 0 Å². The molecule has 36 heavy (non-hydrogen) atoms. The van der Waals surface area contributed by atoms with Crippen LogP contribution in [0, 0.1) is 57.7 Å². The molecule has 0 aliphatic heterocycles. The van der Waals surface area contributed by atoms with Gasteiger partial charge in [-0.05, 0) is 111 Å². The maximum atomic E-state index is 12.9. The van der Waals surface area contributed by atoms with Crippen molar-refractivity contribution >= 4 is 5.97 Å². The molecule has 0 radical (unpaired) electrons. The van der Waals surface area contributed by atoms with E-state index in [1.165, 1.54) is 57.8 Å². The van der Waals surface area contributed by atoms with Gasteiger partial charge in [-0.1, -0.05) is 79.4 Å². The minimum atomic E-state index is -0.411. The van der Waals surface area contributed by atoms with E-state index in [0.717, 1.165) is 48.3 Å². The van der Waals surface area contributed by atoms with Gasteiger partial charge in [-0.2, -0.15) is 0 Å². The third kappa shape index (κ3) is 4.98. The lowest BCUT2D eigenvalue weighted by molar-refractivity contribution is -0.164. The second kappa shape index (κ2) is 10.4. The Morgan fingerprint density at radius 2 is 1.72 bits per heavy atom. The smallest absolute Gasteiger partial charge is 0.312 e. The van der Waals surface area contributed by atoms with Crippen LogP contribution in [0.3, 0.4) is 0 Å². The van der Waals surface area contributed by atoms with Crippen LogP contribution in [0.2, 0.25) is 0 Å². The molecule has 0 heterocycles. The molecule has 8 atom stereocenters. The Labute approximate surface area is 223 Å². The van der Waals surface area contributed by atoms with Gasteiger partial charge in [-0.15, -0.1) is 0 Å². The van der Waals surface area contributed by atoms with Gasteiger partial charge in [0.05, 0.1) is 5.41 Å². The van der Waals surface area contributed by atoms with Crippen LogP contribution in [0.4, 0.5) is 0 Å². The first-order chi connectivity index (χ1) is 16.8. The predicted molar refractivity (Wildman–Crippen MR) is 152 cm³/mol. The molecule has 0 N–H and O–H groups in total. The summed E-state index contributed by atoms with van der Waals surface area (Å²) in [5.41, 5.74) is 2.08. The zero-order valence-corrected chi connectivity index (χ0v) is 25.3. The molecule has 2 heteroatoms. The molecular weight excluding hydrogens is 440 g/mol. The van der Waals surface area contributed by atoms with Crippen molar-refractivity contribution in [2.45, 2.75) is 139 Å². The van der Waals surface area contributed by atoms with Crippen LogP contribution in [0.5, 0.6) is 0 Å². The van der Waals surface area contributed by atoms with E-state index >= 15 is 0 Å². The van der Waals surface area contributed by atoms with Gasteiger partial charge in [-0.25, -0.2) is 0 Å². The summed E-state index contributed by atoms with van der Waals surface area (Å²) in [5, 5.41) is 0. The Bertz CT molecular complexity index is 821. The van der Waals surface area contributed by atoms with E-state index in [-0.39, 0.29) is 12.1 Å². The molecule has 0 amide bonds. The Morgan fingerprint density at radius 1 is 1.00 bits per heavy atom. The predicted octanol–water partition coefficient (Wildman–Crippen LogP) is 9.62. The molecule has 3 fully saturated rings. The van der Waals surface area contributed by atoms with Gasteiger partial charge < -0.3 is 4.74 Å². The fourth-order valence-corrected chi connectivity index (χ4v) is 9.29. The monoisotopic (exact) mass is 498 g/mol. The van der Waals surface area contributed by atoms with Gasteiger partial charge in [0.2, 0.25) is 0 Å². The molecule has 0 aromatic carbocycles. The van der Waals surface area contributed by atoms with Crippen molar-refractivity contribution in [1.29, 1.82) is 0 Å². The normalized spacial score (nSPS) is 39.3. The number of rotatable bonds is 8. The third-order valence-corrected chi connectivity index (χ3v) is 12.5. The highest BCUT2D eigenvalue weighted by molar-refractivity contribution is 5.76. The quantitative estimate of drug-likeness (QED) is 0.246. The van der Waals surface area contributed by atoms with Crippen molar-refractivity contribution in [2.24, 2.45) is 57.7 Å². The van der Waals surface area contributed by atoms with E-state index in [4.69, 9.17) is 4.74 Å². The molecule has 3 saturated carbocycles. The third-order valence-electron chi connectivity index (χ3n) is 12.5. The lowest BCUT2D eigenvalue weighted by Crippen LogP contribution is -2.51. The van der Waals surface area contributed by atoms with Crippen molar-refractivity contribution in [3.8, 4) is 0 Å². The second-order valence-corrected chi connectivity index (χ2v) is 15.4. The maximum absolute atomic E-state index is 12.9. The number of ether oxygens (including phenoxy) is 1. The summed E-state index contributed by atoms with van der Waals surface area (Å²) in [6, 6.07) is 0. The van der Waals surface area contributed by atoms with E-state index in [9.17, 15) is 4.79 Å². The van der Waals surface area contributed by atoms with Crippen molar-refractivity contribution in [1.82, 2.24) is 0 Å². The number of allylic oxidation sites excluding steroid dienone is 1. The van der Waals surface area contributed by atoms with Crippen LogP contribution in [0.15, 0.2) is 11.6 Å². The molecule has 0 aromatic heterocycles. The molecule has 206 valence electrons. The first kappa shape index (κ1) is 28.2. The molecule has 4 aliphatic carbocycles. The highest BCUT2D eigenvalue weighted by Gasteiger charge is 2.59. The number of esters is 1. The van der Waals surface area contributed by atoms with Crippen molar-refractivity contribution in [2.75, 3.05) is 0 Å². The molecule has 3 unspecified atom stereocenters. The molecular formula is C34H58O2. The van der Waals surface area contributed by atoms with Crippen molar-refractivity contribution in [3.05, 3.63) is 11.6 Å². The van der Waals surface area contributed by atoms with E-state index < -0.39 is 5.41 Å². The maximum Gasteiger partial charge on any atom is 0.312 e. The summed E-state index contributed by atoms with van der Waals surface area (Å²) in [7, 11) is 0. The number of carbonyl (C=O) groups is 1. The number of carbonyl (C=O) groups excluding carboxylic acids is 1. The Hall–Kier alpha value is -0.790. The van der Waals surface area contributed by atoms with E-state index in [1.54, 1.807) is 5.57 Å². The fourth-order valence-electron chi connectivity index (χ4n) is 9.29. The Morgan fingerprint density at radius 3 is 2.39 bits per heavy atom. The molecule has 0 spiro atoms. The van der Waals surface area contributed by atoms with Crippen LogP contribution in [-0.2, 0) is 9.53 Å². The zero-order valence-electron chi connectivity index (χ0n) is 25.3. The second-order valence-electron chi connectivity index (χ2n) is 15.4. The van der Waals surface area contributed by atoms with E-state index in [1.807, 2.05) is 13.8 Å². The zero-order chi connectivity index (χ0) is 26.5. The van der Waals surface area contributed by atoms with Gasteiger partial charge in [0.1, 0.15) is 6.10 Å². The van der Waals surface area contributed by atoms with E-state index in [2.05, 4.69) is 54.5 Å². The lowest BCUT2D eigenvalue weighted by Gasteiger charge is -2.58. The van der Waals surface area contributed by atoms with Crippen LogP contribution < -0.4 is 0 Å². The van der Waals surface area contributed by atoms with Crippen LogP contribution >= 0.6 is 0 Å². The highest BCUT2D eigenvalue weighted by atomic mass is 16.5. The Kier molecular flexibility index (Phi) is 8.16. The molecule has 4 rings (SSSR count). The van der Waals surface area contributed by atoms with Crippen LogP contribution in [0.25, 0.3) is 0 Å². The topological polar surface area (TPSA) is 26.3 Å². The van der Waals surface area contributed by atoms with Gasteiger partial charge in [-0.3, -0.25) is 4.79 Å². The van der Waals surface area contributed by atoms with Gasteiger partial charge in [0.15, 0.2) is 0 Å². The average molecular weight is 499 g/mol. The number of hydrogen-bond acceptors (Lipinski definition) is 2. The number of hydrogen-bond donors (Lipinski definition) is 0. The van der Waals surface area contributed by atoms with Crippen molar-refractivity contribution in [3.63, 3.8) is 0 Å². The first-order valence-electron chi connectivity index (χ1n) is 15.7. The molecule has 0 aromatic rings. The summed E-state index contributed by atoms with van der Waals surface area (Å²) in [5.74, 6) is 5.52. The molecule has 4 aliphatic rings. The largest absolute Gasteiger partial charge is 0.462 e. The Balaban J connectivity index is 1.43. The summed E-state index contributed by atoms with van der Waals surface area (Å²) in [6.45, 7) is 20.9. The average Bonchev–Trinajstić information content (AvgIpc) is 3.16. The summed E-state index contributed by atoms with van der Waals surface area (Å²) < 4.78 is 6.14. The molecule has 2 nitrogen and oxygen atoms in total. The highest BCUT2D eigenvalue weighted by Crippen LogP contribution is 2.67. The number of fused-ring (bicyclic) bond motifs is 5. The van der Waals surface area contributed by atoms with E-state index in [0.29, 0.717) is 16.7 Å². The summed E-state index contributed by atoms with van der Waals surface area (Å²) >= 11 is 0. The molecule has 0 bridgehead atoms. The minimum Gasteiger partial charge on any atom is -0.462 e. The summed E-state index contributed by atoms with van der Waals surface area (Å²) in [4.78, 5) is 12.9. The standard InChI is InChI=1S/C34H58O2/c1-22(2)11-10-12-24(5)28-15-16-29-27-14-13-25-21-26(36-31(35)32(6,7)23(3)4)17-19-33(25,8)30(27)18-20-34(28,29)9/h13,22-24,26-30H,10-12,14-21H2,1-9H3/t24-,26+,27?,28-,29?,30?,33+,34-/m1/s1. The van der Waals surface area contributed by atoms with Crippen LogP contribution in [-0.4, -0.2) is 12.1 Å². The first-order valence-corrected chi connectivity index (χ1v) is 15.7. The lowest BCUT2D eigenvalue weighted by atomic mass is 9.47. The SMILES string of the molecule is CC(C)CCC[C@@H](C)[C@H]1CCC2C3CC=C4C[C@@H](OC(=O)C(C)(C)C(C)C)CC[C@]4(C)C3CC[C@@]21C. The van der Waals surface area contributed by atoms with Crippen LogP contribution in [0.1, 0.15) is 133 Å². The van der Waals surface area contributed by atoms with Gasteiger partial charge in [0, 0.05) is 6.42 Å². The fraction of sp³-hybridized carbons (Fsp3) is 0.912. The van der Waals surface area contributed by atoms with Gasteiger partial charge >= 0.3 is 5.97 Å². The summed E-state index contributed by atoms with van der Waals surface area (Å²) in [6.07, 6.45) is 17.1. The minimum absolute atomic E-state index is 0.00617. The molecule has 0 saturated heterocycles.